The van der Waals surface area contributed by atoms with Gasteiger partial charge in [0, 0.05) is 5.88 Å². The maximum absolute atomic E-state index is 9.96. The average molecular weight is 399 g/mol. The first-order valence-corrected chi connectivity index (χ1v) is 7.42. The van der Waals surface area contributed by atoms with E-state index in [0.29, 0.717) is 0 Å². The van der Waals surface area contributed by atoms with Gasteiger partial charge in [0.15, 0.2) is 0 Å². The van der Waals surface area contributed by atoms with Gasteiger partial charge in [0.2, 0.25) is 0 Å². The molecule has 0 aromatic heterocycles. The van der Waals surface area contributed by atoms with E-state index in [1.165, 1.54) is 6.08 Å². The van der Waals surface area contributed by atoms with Gasteiger partial charge in [-0.2, -0.15) is 0 Å². The van der Waals surface area contributed by atoms with Crippen molar-refractivity contribution in [3.05, 3.63) is 11.1 Å². The molecule has 4 unspecified atom stereocenters. The average Bonchev–Trinajstić information content (AvgIpc) is 2.17. The number of alkyl halides is 3. The number of rotatable bonds is 6. The molecule has 0 saturated carbocycles. The molecule has 0 aliphatic carbocycles. The standard InChI is InChI=1S/C10H16Br2Cl2O2/c1-9(12,6-13)8(15)5-7(14)10(2,16)3-4-11/h3-4,7-8,15-16H,5-6H2,1-2H3/b4-3+. The first-order chi connectivity index (χ1) is 7.17. The molecule has 0 aromatic carbocycles. The van der Waals surface area contributed by atoms with Crippen molar-refractivity contribution in [2.45, 2.75) is 41.7 Å². The SMILES string of the molecule is CC(O)(/C=C/Br)C(Cl)CC(O)C(C)(Br)CCl. The lowest BCUT2D eigenvalue weighted by Gasteiger charge is -2.32. The fourth-order valence-electron chi connectivity index (χ4n) is 1.00. The molecule has 96 valence electrons. The van der Waals surface area contributed by atoms with Crippen LogP contribution in [0.1, 0.15) is 20.3 Å². The summed E-state index contributed by atoms with van der Waals surface area (Å²) < 4.78 is -0.601. The fourth-order valence-corrected chi connectivity index (χ4v) is 2.14. The highest BCUT2D eigenvalue weighted by Gasteiger charge is 2.36. The maximum Gasteiger partial charge on any atom is 0.0971 e. The van der Waals surface area contributed by atoms with E-state index in [2.05, 4.69) is 31.9 Å². The van der Waals surface area contributed by atoms with Gasteiger partial charge in [0.1, 0.15) is 0 Å². The van der Waals surface area contributed by atoms with Crippen LogP contribution in [0, 0.1) is 0 Å². The zero-order valence-corrected chi connectivity index (χ0v) is 13.8. The van der Waals surface area contributed by atoms with E-state index in [-0.39, 0.29) is 12.3 Å². The third-order valence-electron chi connectivity index (χ3n) is 2.42. The lowest BCUT2D eigenvalue weighted by atomic mass is 9.93. The number of aliphatic hydroxyl groups excluding tert-OH is 1. The molecule has 0 amide bonds. The van der Waals surface area contributed by atoms with E-state index < -0.39 is 21.4 Å². The highest BCUT2D eigenvalue weighted by Crippen LogP contribution is 2.31. The minimum Gasteiger partial charge on any atom is -0.392 e. The number of halogens is 4. The Labute approximate surface area is 123 Å². The highest BCUT2D eigenvalue weighted by atomic mass is 79.9. The van der Waals surface area contributed by atoms with E-state index in [0.717, 1.165) is 0 Å². The Morgan fingerprint density at radius 1 is 1.44 bits per heavy atom. The van der Waals surface area contributed by atoms with Crippen LogP contribution in [0.25, 0.3) is 0 Å². The Kier molecular flexibility index (Phi) is 7.48. The molecule has 0 fully saturated rings. The summed E-state index contributed by atoms with van der Waals surface area (Å²) in [5, 5.41) is 19.3. The second kappa shape index (κ2) is 6.95. The number of hydrogen-bond donors (Lipinski definition) is 2. The highest BCUT2D eigenvalue weighted by molar-refractivity contribution is 9.11. The summed E-state index contributed by atoms with van der Waals surface area (Å²) in [6.07, 6.45) is 1.03. The quantitative estimate of drug-likeness (QED) is 0.673. The monoisotopic (exact) mass is 396 g/mol. The normalized spacial score (nSPS) is 23.8. The molecule has 4 atom stereocenters. The van der Waals surface area contributed by atoms with Crippen molar-refractivity contribution in [1.82, 2.24) is 0 Å². The van der Waals surface area contributed by atoms with Crippen LogP contribution in [0.5, 0.6) is 0 Å². The van der Waals surface area contributed by atoms with Gasteiger partial charge in [-0.25, -0.2) is 0 Å². The molecule has 16 heavy (non-hydrogen) atoms. The first-order valence-electron chi connectivity index (χ1n) is 4.74. The Morgan fingerprint density at radius 3 is 2.31 bits per heavy atom. The van der Waals surface area contributed by atoms with Crippen LogP contribution in [-0.2, 0) is 0 Å². The summed E-state index contributed by atoms with van der Waals surface area (Å²) in [6, 6.07) is 0. The van der Waals surface area contributed by atoms with Crippen LogP contribution < -0.4 is 0 Å². The second-order valence-corrected chi connectivity index (χ2v) is 7.28. The van der Waals surface area contributed by atoms with E-state index in [4.69, 9.17) is 23.2 Å². The van der Waals surface area contributed by atoms with Crippen molar-refractivity contribution < 1.29 is 10.2 Å². The van der Waals surface area contributed by atoms with Gasteiger partial charge >= 0.3 is 0 Å². The third kappa shape index (κ3) is 5.23. The Bertz CT molecular complexity index is 245. The van der Waals surface area contributed by atoms with Crippen molar-refractivity contribution in [3.63, 3.8) is 0 Å². The second-order valence-electron chi connectivity index (χ2n) is 4.15. The molecule has 6 heteroatoms. The largest absolute Gasteiger partial charge is 0.392 e. The van der Waals surface area contributed by atoms with E-state index in [9.17, 15) is 10.2 Å². The van der Waals surface area contributed by atoms with E-state index in [1.807, 2.05) is 0 Å². The van der Waals surface area contributed by atoms with Gasteiger partial charge in [-0.15, -0.1) is 23.2 Å². The molecule has 0 aromatic rings. The van der Waals surface area contributed by atoms with Crippen LogP contribution >= 0.6 is 55.1 Å². The minimum absolute atomic E-state index is 0.236. The van der Waals surface area contributed by atoms with Crippen molar-refractivity contribution in [3.8, 4) is 0 Å². The molecule has 0 bridgehead atoms. The maximum atomic E-state index is 9.96. The molecular formula is C10H16Br2Cl2O2. The third-order valence-corrected chi connectivity index (χ3v) is 4.99. The summed E-state index contributed by atoms with van der Waals surface area (Å²) in [4.78, 5) is 1.55. The molecule has 0 aliphatic rings. The predicted molar refractivity (Wildman–Crippen MR) is 77.0 cm³/mol. The Morgan fingerprint density at radius 2 is 1.94 bits per heavy atom. The molecule has 0 rings (SSSR count). The first kappa shape index (κ1) is 17.2. The van der Waals surface area contributed by atoms with Gasteiger partial charge in [-0.3, -0.25) is 0 Å². The number of aliphatic hydroxyl groups is 2. The molecule has 2 nitrogen and oxygen atoms in total. The predicted octanol–water partition coefficient (Wildman–Crippen LogP) is 3.40. The van der Waals surface area contributed by atoms with Gasteiger partial charge in [-0.05, 0) is 31.3 Å². The zero-order chi connectivity index (χ0) is 13.0. The van der Waals surface area contributed by atoms with Crippen molar-refractivity contribution >= 4 is 55.1 Å². The Balaban J connectivity index is 4.51. The smallest absolute Gasteiger partial charge is 0.0971 e. The van der Waals surface area contributed by atoms with Crippen LogP contribution in [-0.4, -0.2) is 37.5 Å². The van der Waals surface area contributed by atoms with E-state index >= 15 is 0 Å². The van der Waals surface area contributed by atoms with Crippen LogP contribution in [0.3, 0.4) is 0 Å². The topological polar surface area (TPSA) is 40.5 Å². The lowest BCUT2D eigenvalue weighted by Crippen LogP contribution is -2.42. The molecule has 0 saturated heterocycles. The van der Waals surface area contributed by atoms with Gasteiger partial charge in [0.25, 0.3) is 0 Å². The summed E-state index contributed by atoms with van der Waals surface area (Å²) in [7, 11) is 0. The minimum atomic E-state index is -1.18. The van der Waals surface area contributed by atoms with Crippen molar-refractivity contribution in [2.75, 3.05) is 5.88 Å². The molecule has 0 spiro atoms. The van der Waals surface area contributed by atoms with Gasteiger partial charge < -0.3 is 10.2 Å². The molecule has 0 heterocycles. The molecule has 0 radical (unpaired) electrons. The molecular weight excluding hydrogens is 383 g/mol. The van der Waals surface area contributed by atoms with Crippen LogP contribution in [0.2, 0.25) is 0 Å². The molecule has 2 N–H and O–H groups in total. The summed E-state index contributed by atoms with van der Waals surface area (Å²) in [5.74, 6) is 0.258. The summed E-state index contributed by atoms with van der Waals surface area (Å²) in [6.45, 7) is 3.37. The van der Waals surface area contributed by atoms with Crippen LogP contribution in [0.4, 0.5) is 0 Å². The van der Waals surface area contributed by atoms with E-state index in [1.54, 1.807) is 18.8 Å². The number of hydrogen-bond acceptors (Lipinski definition) is 2. The Hall–Kier alpha value is 1.20. The lowest BCUT2D eigenvalue weighted by molar-refractivity contribution is 0.0692. The van der Waals surface area contributed by atoms with Gasteiger partial charge in [-0.1, -0.05) is 31.9 Å². The fraction of sp³-hybridized carbons (Fsp3) is 0.800. The summed E-state index contributed by atoms with van der Waals surface area (Å²) in [5.41, 5.74) is -1.18. The van der Waals surface area contributed by atoms with Crippen molar-refractivity contribution in [1.29, 1.82) is 0 Å². The molecule has 0 aliphatic heterocycles. The van der Waals surface area contributed by atoms with Gasteiger partial charge in [0.05, 0.1) is 21.4 Å². The van der Waals surface area contributed by atoms with Crippen LogP contribution in [0.15, 0.2) is 11.1 Å². The van der Waals surface area contributed by atoms with Crippen molar-refractivity contribution in [2.24, 2.45) is 0 Å². The zero-order valence-electron chi connectivity index (χ0n) is 9.13. The summed E-state index contributed by atoms with van der Waals surface area (Å²) >= 11 is 18.2.